The molecule has 0 radical (unpaired) electrons. The van der Waals surface area contributed by atoms with Gasteiger partial charge in [-0.1, -0.05) is 6.07 Å². The summed E-state index contributed by atoms with van der Waals surface area (Å²) in [6, 6.07) is 8.28. The lowest BCUT2D eigenvalue weighted by molar-refractivity contribution is 0.417. The molecule has 0 fully saturated rings. The van der Waals surface area contributed by atoms with Crippen LogP contribution in [0, 0.1) is 6.92 Å². The van der Waals surface area contributed by atoms with E-state index >= 15 is 0 Å². The van der Waals surface area contributed by atoms with Crippen molar-refractivity contribution in [3.8, 4) is 5.75 Å². The molecule has 1 aromatic carbocycles. The molecule has 2 rings (SSSR count). The summed E-state index contributed by atoms with van der Waals surface area (Å²) in [4.78, 5) is 4.06. The van der Waals surface area contributed by atoms with Crippen LogP contribution < -0.4 is 15.2 Å². The summed E-state index contributed by atoms with van der Waals surface area (Å²) in [6.07, 6.45) is 1.51. The summed E-state index contributed by atoms with van der Waals surface area (Å²) < 4.78 is 32.7. The zero-order valence-corrected chi connectivity index (χ0v) is 12.6. The van der Waals surface area contributed by atoms with Crippen LogP contribution in [0.25, 0.3) is 0 Å². The van der Waals surface area contributed by atoms with Gasteiger partial charge in [-0.25, -0.2) is 8.42 Å². The minimum atomic E-state index is -3.78. The number of pyridine rings is 1. The van der Waals surface area contributed by atoms with Crippen LogP contribution in [0.15, 0.2) is 41.4 Å². The van der Waals surface area contributed by atoms with Crippen molar-refractivity contribution in [1.82, 2.24) is 4.98 Å². The predicted molar refractivity (Wildman–Crippen MR) is 80.7 cm³/mol. The topological polar surface area (TPSA) is 94.3 Å². The number of aromatic nitrogens is 1. The van der Waals surface area contributed by atoms with E-state index in [1.165, 1.54) is 19.4 Å². The second kappa shape index (κ2) is 6.11. The average molecular weight is 307 g/mol. The minimum Gasteiger partial charge on any atom is -0.495 e. The number of methoxy groups -OCH3 is 1. The molecule has 0 aliphatic rings. The molecule has 2 aromatic rings. The smallest absolute Gasteiger partial charge is 0.263 e. The fourth-order valence-electron chi connectivity index (χ4n) is 1.92. The molecule has 0 unspecified atom stereocenters. The lowest BCUT2D eigenvalue weighted by atomic mass is 10.2. The lowest BCUT2D eigenvalue weighted by Gasteiger charge is -2.14. The Hall–Kier alpha value is -2.12. The van der Waals surface area contributed by atoms with Gasteiger partial charge >= 0.3 is 0 Å². The summed E-state index contributed by atoms with van der Waals surface area (Å²) in [5, 5.41) is 0. The average Bonchev–Trinajstić information content (AvgIpc) is 2.47. The van der Waals surface area contributed by atoms with Gasteiger partial charge in [-0.3, -0.25) is 9.71 Å². The zero-order valence-electron chi connectivity index (χ0n) is 11.8. The van der Waals surface area contributed by atoms with E-state index < -0.39 is 10.0 Å². The van der Waals surface area contributed by atoms with Crippen LogP contribution in [0.5, 0.6) is 5.75 Å². The maximum absolute atomic E-state index is 12.5. The molecule has 6 nitrogen and oxygen atoms in total. The van der Waals surface area contributed by atoms with E-state index in [0.29, 0.717) is 17.1 Å². The van der Waals surface area contributed by atoms with Gasteiger partial charge in [0.15, 0.2) is 0 Å². The van der Waals surface area contributed by atoms with Crippen LogP contribution in [0.4, 0.5) is 5.69 Å². The number of nitrogens with zero attached hydrogens (tertiary/aromatic N) is 1. The highest BCUT2D eigenvalue weighted by Crippen LogP contribution is 2.28. The van der Waals surface area contributed by atoms with E-state index in [9.17, 15) is 8.42 Å². The number of aryl methyl sites for hydroxylation is 1. The third kappa shape index (κ3) is 3.32. The van der Waals surface area contributed by atoms with Gasteiger partial charge in [0.25, 0.3) is 10.0 Å². The maximum atomic E-state index is 12.5. The van der Waals surface area contributed by atoms with Crippen molar-refractivity contribution in [3.63, 3.8) is 0 Å². The van der Waals surface area contributed by atoms with E-state index in [-0.39, 0.29) is 11.4 Å². The van der Waals surface area contributed by atoms with E-state index in [1.807, 2.05) is 13.0 Å². The van der Waals surface area contributed by atoms with Gasteiger partial charge in [0, 0.05) is 12.7 Å². The molecule has 112 valence electrons. The molecule has 0 saturated heterocycles. The molecule has 0 spiro atoms. The quantitative estimate of drug-likeness (QED) is 0.876. The van der Waals surface area contributed by atoms with Crippen LogP contribution in [-0.4, -0.2) is 20.5 Å². The number of anilines is 1. The molecule has 3 N–H and O–H groups in total. The zero-order chi connectivity index (χ0) is 15.5. The molecular weight excluding hydrogens is 290 g/mol. The first-order chi connectivity index (χ1) is 9.97. The number of rotatable bonds is 5. The first-order valence-electron chi connectivity index (χ1n) is 6.29. The highest BCUT2D eigenvalue weighted by atomic mass is 32.2. The van der Waals surface area contributed by atoms with Gasteiger partial charge < -0.3 is 10.5 Å². The standard InChI is InChI=1S/C14H17N3O3S/c1-10-5-6-13(20-2)11(8-10)17-21(18,19)14-4-3-7-16-12(14)9-15/h3-8,17H,9,15H2,1-2H3. The Bertz CT molecular complexity index is 745. The van der Waals surface area contributed by atoms with Crippen LogP contribution >= 0.6 is 0 Å². The molecule has 0 saturated carbocycles. The number of nitrogens with two attached hydrogens (primary N) is 1. The third-order valence-electron chi connectivity index (χ3n) is 2.93. The molecule has 1 aromatic heterocycles. The Morgan fingerprint density at radius 1 is 1.33 bits per heavy atom. The Morgan fingerprint density at radius 3 is 2.76 bits per heavy atom. The fourth-order valence-corrected chi connectivity index (χ4v) is 3.19. The largest absolute Gasteiger partial charge is 0.495 e. The number of hydrogen-bond acceptors (Lipinski definition) is 5. The van der Waals surface area contributed by atoms with Crippen LogP contribution in [-0.2, 0) is 16.6 Å². The molecule has 0 amide bonds. The summed E-state index contributed by atoms with van der Waals surface area (Å²) in [5.41, 5.74) is 7.15. The monoisotopic (exact) mass is 307 g/mol. The SMILES string of the molecule is COc1ccc(C)cc1NS(=O)(=O)c1cccnc1CN. The summed E-state index contributed by atoms with van der Waals surface area (Å²) in [5.74, 6) is 0.447. The van der Waals surface area contributed by atoms with Gasteiger partial charge in [0.2, 0.25) is 0 Å². The Morgan fingerprint density at radius 2 is 2.10 bits per heavy atom. The van der Waals surface area contributed by atoms with Crippen molar-refractivity contribution in [2.24, 2.45) is 5.73 Å². The fraction of sp³-hybridized carbons (Fsp3) is 0.214. The van der Waals surface area contributed by atoms with Gasteiger partial charge in [-0.05, 0) is 36.8 Å². The highest BCUT2D eigenvalue weighted by molar-refractivity contribution is 7.92. The van der Waals surface area contributed by atoms with Crippen molar-refractivity contribution in [1.29, 1.82) is 0 Å². The van der Waals surface area contributed by atoms with E-state index in [2.05, 4.69) is 9.71 Å². The number of ether oxygens (including phenoxy) is 1. The Labute approximate surface area is 124 Å². The number of hydrogen-bond donors (Lipinski definition) is 2. The van der Waals surface area contributed by atoms with Crippen LogP contribution in [0.1, 0.15) is 11.3 Å². The normalized spacial score (nSPS) is 11.2. The van der Waals surface area contributed by atoms with Crippen LogP contribution in [0.3, 0.4) is 0 Å². The molecule has 0 aliphatic heterocycles. The van der Waals surface area contributed by atoms with Gasteiger partial charge in [0.05, 0.1) is 18.5 Å². The molecular formula is C14H17N3O3S. The van der Waals surface area contributed by atoms with Crippen molar-refractivity contribution in [2.45, 2.75) is 18.4 Å². The van der Waals surface area contributed by atoms with E-state index in [0.717, 1.165) is 5.56 Å². The van der Waals surface area contributed by atoms with E-state index in [1.54, 1.807) is 18.2 Å². The maximum Gasteiger partial charge on any atom is 0.263 e. The first-order valence-corrected chi connectivity index (χ1v) is 7.77. The number of nitrogens with one attached hydrogen (secondary N) is 1. The van der Waals surface area contributed by atoms with Crippen molar-refractivity contribution in [2.75, 3.05) is 11.8 Å². The summed E-state index contributed by atoms with van der Waals surface area (Å²) in [6.45, 7) is 1.91. The number of benzene rings is 1. The van der Waals surface area contributed by atoms with Gasteiger partial charge in [-0.2, -0.15) is 0 Å². The van der Waals surface area contributed by atoms with Gasteiger partial charge in [0.1, 0.15) is 10.6 Å². The second-order valence-electron chi connectivity index (χ2n) is 4.46. The lowest BCUT2D eigenvalue weighted by Crippen LogP contribution is -2.17. The molecule has 7 heteroatoms. The van der Waals surface area contributed by atoms with Crippen LogP contribution in [0.2, 0.25) is 0 Å². The Balaban J connectivity index is 2.45. The van der Waals surface area contributed by atoms with Crippen molar-refractivity contribution < 1.29 is 13.2 Å². The molecule has 0 atom stereocenters. The van der Waals surface area contributed by atoms with E-state index in [4.69, 9.17) is 10.5 Å². The molecule has 0 aliphatic carbocycles. The molecule has 0 bridgehead atoms. The van der Waals surface area contributed by atoms with Crippen molar-refractivity contribution >= 4 is 15.7 Å². The third-order valence-corrected chi connectivity index (χ3v) is 4.37. The molecule has 21 heavy (non-hydrogen) atoms. The molecule has 1 heterocycles. The second-order valence-corrected chi connectivity index (χ2v) is 6.11. The first kappa shape index (κ1) is 15.3. The predicted octanol–water partition coefficient (Wildman–Crippen LogP) is 1.66. The summed E-state index contributed by atoms with van der Waals surface area (Å²) in [7, 11) is -2.29. The summed E-state index contributed by atoms with van der Waals surface area (Å²) >= 11 is 0. The van der Waals surface area contributed by atoms with Gasteiger partial charge in [-0.15, -0.1) is 0 Å². The Kier molecular flexibility index (Phi) is 4.44. The number of sulfonamides is 1. The minimum absolute atomic E-state index is 0.0437. The van der Waals surface area contributed by atoms with Crippen molar-refractivity contribution in [3.05, 3.63) is 47.8 Å². The highest BCUT2D eigenvalue weighted by Gasteiger charge is 2.20.